The number of rotatable bonds is 6. The third-order valence-electron chi connectivity index (χ3n) is 3.87. The number of aromatic nitrogens is 1. The van der Waals surface area contributed by atoms with E-state index in [0.717, 1.165) is 31.0 Å². The maximum atomic E-state index is 11.6. The second-order valence-electron chi connectivity index (χ2n) is 5.82. The molecule has 6 heteroatoms. The van der Waals surface area contributed by atoms with Crippen LogP contribution in [0.5, 0.6) is 0 Å². The fraction of sp³-hybridized carbons (Fsp3) is 0.667. The van der Waals surface area contributed by atoms with E-state index in [1.54, 1.807) is 0 Å². The SMILES string of the molecule is CCCNCc1cc(C)nc(N(C)C2CCS(=O)(=O)C2)c1. The summed E-state index contributed by atoms with van der Waals surface area (Å²) in [7, 11) is -0.927. The fourth-order valence-corrected chi connectivity index (χ4v) is 4.46. The summed E-state index contributed by atoms with van der Waals surface area (Å²) in [6.07, 6.45) is 1.80. The van der Waals surface area contributed by atoms with Gasteiger partial charge in [-0.15, -0.1) is 0 Å². The molecule has 2 heterocycles. The zero-order chi connectivity index (χ0) is 15.5. The summed E-state index contributed by atoms with van der Waals surface area (Å²) in [6.45, 7) is 5.94. The molecule has 1 unspecified atom stereocenters. The van der Waals surface area contributed by atoms with Crippen molar-refractivity contribution in [3.63, 3.8) is 0 Å². The lowest BCUT2D eigenvalue weighted by Crippen LogP contribution is -2.33. The van der Waals surface area contributed by atoms with Gasteiger partial charge in [-0.3, -0.25) is 0 Å². The van der Waals surface area contributed by atoms with E-state index in [1.165, 1.54) is 5.56 Å². The summed E-state index contributed by atoms with van der Waals surface area (Å²) in [6, 6.07) is 4.17. The lowest BCUT2D eigenvalue weighted by atomic mass is 10.2. The highest BCUT2D eigenvalue weighted by Crippen LogP contribution is 2.22. The van der Waals surface area contributed by atoms with Crippen molar-refractivity contribution in [1.29, 1.82) is 0 Å². The van der Waals surface area contributed by atoms with Gasteiger partial charge in [-0.2, -0.15) is 0 Å². The second kappa shape index (κ2) is 6.75. The van der Waals surface area contributed by atoms with Crippen molar-refractivity contribution < 1.29 is 8.42 Å². The Hall–Kier alpha value is -1.14. The molecule has 2 rings (SSSR count). The van der Waals surface area contributed by atoms with Crippen molar-refractivity contribution in [2.24, 2.45) is 0 Å². The van der Waals surface area contributed by atoms with Gasteiger partial charge in [-0.05, 0) is 44.0 Å². The highest BCUT2D eigenvalue weighted by atomic mass is 32.2. The normalized spacial score (nSPS) is 20.6. The number of hydrogen-bond acceptors (Lipinski definition) is 5. The second-order valence-corrected chi connectivity index (χ2v) is 8.05. The molecule has 0 bridgehead atoms. The number of nitrogens with one attached hydrogen (secondary N) is 1. The minimum atomic E-state index is -2.87. The Morgan fingerprint density at radius 1 is 1.43 bits per heavy atom. The van der Waals surface area contributed by atoms with Crippen LogP contribution in [0.1, 0.15) is 31.0 Å². The van der Waals surface area contributed by atoms with E-state index in [1.807, 2.05) is 18.9 Å². The highest BCUT2D eigenvalue weighted by Gasteiger charge is 2.31. The monoisotopic (exact) mass is 311 g/mol. The van der Waals surface area contributed by atoms with E-state index in [4.69, 9.17) is 0 Å². The molecule has 0 spiro atoms. The van der Waals surface area contributed by atoms with Gasteiger partial charge in [0.25, 0.3) is 0 Å². The molecule has 1 atom stereocenters. The summed E-state index contributed by atoms with van der Waals surface area (Å²) in [5, 5.41) is 3.39. The predicted molar refractivity (Wildman–Crippen MR) is 86.4 cm³/mol. The highest BCUT2D eigenvalue weighted by molar-refractivity contribution is 7.91. The first-order chi connectivity index (χ1) is 9.91. The van der Waals surface area contributed by atoms with Crippen LogP contribution in [0.2, 0.25) is 0 Å². The number of nitrogens with zero attached hydrogens (tertiary/aromatic N) is 2. The van der Waals surface area contributed by atoms with Crippen LogP contribution in [0.3, 0.4) is 0 Å². The summed E-state index contributed by atoms with van der Waals surface area (Å²) in [4.78, 5) is 6.57. The van der Waals surface area contributed by atoms with Gasteiger partial charge in [-0.1, -0.05) is 6.92 Å². The third-order valence-corrected chi connectivity index (χ3v) is 5.62. The number of sulfone groups is 1. The Morgan fingerprint density at radius 2 is 2.19 bits per heavy atom. The molecule has 1 N–H and O–H groups in total. The van der Waals surface area contributed by atoms with Crippen molar-refractivity contribution >= 4 is 15.7 Å². The standard InChI is InChI=1S/C15H25N3O2S/c1-4-6-16-10-13-8-12(2)17-15(9-13)18(3)14-5-7-21(19,20)11-14/h8-9,14,16H,4-7,10-11H2,1-3H3. The first kappa shape index (κ1) is 16.2. The number of anilines is 1. The zero-order valence-electron chi connectivity index (χ0n) is 13.1. The van der Waals surface area contributed by atoms with Crippen LogP contribution in [0, 0.1) is 6.92 Å². The van der Waals surface area contributed by atoms with Crippen molar-refractivity contribution in [3.05, 3.63) is 23.4 Å². The van der Waals surface area contributed by atoms with Gasteiger partial charge in [0.1, 0.15) is 5.82 Å². The van der Waals surface area contributed by atoms with E-state index >= 15 is 0 Å². The molecule has 0 amide bonds. The van der Waals surface area contributed by atoms with Crippen molar-refractivity contribution in [2.45, 2.75) is 39.3 Å². The molecule has 0 aromatic carbocycles. The van der Waals surface area contributed by atoms with E-state index in [2.05, 4.69) is 29.4 Å². The van der Waals surface area contributed by atoms with Gasteiger partial charge in [0.05, 0.1) is 11.5 Å². The van der Waals surface area contributed by atoms with Crippen LogP contribution in [0.25, 0.3) is 0 Å². The largest absolute Gasteiger partial charge is 0.356 e. The minimum Gasteiger partial charge on any atom is -0.356 e. The van der Waals surface area contributed by atoms with Crippen molar-refractivity contribution in [1.82, 2.24) is 10.3 Å². The van der Waals surface area contributed by atoms with Gasteiger partial charge in [0, 0.05) is 25.3 Å². The average Bonchev–Trinajstić information content (AvgIpc) is 2.78. The lowest BCUT2D eigenvalue weighted by molar-refractivity contribution is 0.600. The molecular weight excluding hydrogens is 286 g/mol. The Morgan fingerprint density at radius 3 is 2.81 bits per heavy atom. The van der Waals surface area contributed by atoms with Crippen LogP contribution in [-0.2, 0) is 16.4 Å². The third kappa shape index (κ3) is 4.41. The van der Waals surface area contributed by atoms with Gasteiger partial charge < -0.3 is 10.2 Å². The van der Waals surface area contributed by atoms with Crippen LogP contribution in [0.15, 0.2) is 12.1 Å². The van der Waals surface area contributed by atoms with E-state index in [9.17, 15) is 8.42 Å². The molecule has 5 nitrogen and oxygen atoms in total. The molecule has 0 saturated carbocycles. The molecule has 1 aliphatic rings. The molecule has 1 aromatic rings. The molecule has 21 heavy (non-hydrogen) atoms. The Labute approximate surface area is 127 Å². The van der Waals surface area contributed by atoms with Crippen LogP contribution >= 0.6 is 0 Å². The quantitative estimate of drug-likeness (QED) is 0.807. The molecule has 0 aliphatic carbocycles. The van der Waals surface area contributed by atoms with Gasteiger partial charge in [0.2, 0.25) is 0 Å². The zero-order valence-corrected chi connectivity index (χ0v) is 13.9. The predicted octanol–water partition coefficient (Wildman–Crippen LogP) is 1.51. The van der Waals surface area contributed by atoms with Crippen molar-refractivity contribution in [3.8, 4) is 0 Å². The summed E-state index contributed by atoms with van der Waals surface area (Å²) in [5.41, 5.74) is 2.16. The van der Waals surface area contributed by atoms with Crippen LogP contribution < -0.4 is 10.2 Å². The Balaban J connectivity index is 2.11. The maximum Gasteiger partial charge on any atom is 0.152 e. The van der Waals surface area contributed by atoms with Crippen LogP contribution in [0.4, 0.5) is 5.82 Å². The molecule has 118 valence electrons. The molecule has 0 radical (unpaired) electrons. The first-order valence-corrected chi connectivity index (χ1v) is 9.35. The summed E-state index contributed by atoms with van der Waals surface area (Å²) >= 11 is 0. The van der Waals surface area contributed by atoms with E-state index in [0.29, 0.717) is 12.2 Å². The molecule has 1 fully saturated rings. The fourth-order valence-electron chi connectivity index (χ4n) is 2.68. The minimum absolute atomic E-state index is 0.0424. The first-order valence-electron chi connectivity index (χ1n) is 7.53. The molecule has 1 saturated heterocycles. The molecule has 1 aliphatic heterocycles. The van der Waals surface area contributed by atoms with Crippen LogP contribution in [-0.4, -0.2) is 44.5 Å². The maximum absolute atomic E-state index is 11.6. The smallest absolute Gasteiger partial charge is 0.152 e. The van der Waals surface area contributed by atoms with Gasteiger partial charge >= 0.3 is 0 Å². The lowest BCUT2D eigenvalue weighted by Gasteiger charge is -2.25. The number of hydrogen-bond donors (Lipinski definition) is 1. The summed E-state index contributed by atoms with van der Waals surface area (Å²) < 4.78 is 23.3. The number of aryl methyl sites for hydroxylation is 1. The summed E-state index contributed by atoms with van der Waals surface area (Å²) in [5.74, 6) is 1.40. The van der Waals surface area contributed by atoms with Gasteiger partial charge in [-0.25, -0.2) is 13.4 Å². The van der Waals surface area contributed by atoms with Crippen molar-refractivity contribution in [2.75, 3.05) is 30.0 Å². The number of pyridine rings is 1. The topological polar surface area (TPSA) is 62.3 Å². The molecular formula is C15H25N3O2S. The average molecular weight is 311 g/mol. The van der Waals surface area contributed by atoms with E-state index < -0.39 is 9.84 Å². The Bertz CT molecular complexity index is 587. The van der Waals surface area contributed by atoms with E-state index in [-0.39, 0.29) is 11.8 Å². The van der Waals surface area contributed by atoms with Gasteiger partial charge in [0.15, 0.2) is 9.84 Å². The molecule has 1 aromatic heterocycles. The Kier molecular flexibility index (Phi) is 5.22.